The molecular formula is C12H17N3O2. The molecule has 0 aliphatic heterocycles. The van der Waals surface area contributed by atoms with Gasteiger partial charge in [-0.15, -0.1) is 0 Å². The molecule has 92 valence electrons. The maximum absolute atomic E-state index is 12.4. The number of ether oxygens (including phenoxy) is 1. The van der Waals surface area contributed by atoms with Crippen LogP contribution in [0.2, 0.25) is 0 Å². The van der Waals surface area contributed by atoms with Crippen molar-refractivity contribution in [2.24, 2.45) is 5.73 Å². The van der Waals surface area contributed by atoms with Gasteiger partial charge in [0.1, 0.15) is 0 Å². The van der Waals surface area contributed by atoms with Crippen molar-refractivity contribution < 1.29 is 9.53 Å². The van der Waals surface area contributed by atoms with Gasteiger partial charge in [0.25, 0.3) is 0 Å². The second kappa shape index (κ2) is 4.79. The van der Waals surface area contributed by atoms with Crippen molar-refractivity contribution in [3.63, 3.8) is 0 Å². The van der Waals surface area contributed by atoms with Gasteiger partial charge in [0.15, 0.2) is 5.69 Å². The number of hydrogen-bond donors (Lipinski definition) is 1. The SMILES string of the molecule is COc1nccnc1C(=O)C1(N)CCCCC1. The monoisotopic (exact) mass is 235 g/mol. The van der Waals surface area contributed by atoms with Crippen LogP contribution in [0.3, 0.4) is 0 Å². The largest absolute Gasteiger partial charge is 0.479 e. The average Bonchev–Trinajstić information content (AvgIpc) is 2.38. The van der Waals surface area contributed by atoms with Crippen LogP contribution in [0, 0.1) is 0 Å². The summed E-state index contributed by atoms with van der Waals surface area (Å²) >= 11 is 0. The molecule has 17 heavy (non-hydrogen) atoms. The van der Waals surface area contributed by atoms with Crippen LogP contribution >= 0.6 is 0 Å². The lowest BCUT2D eigenvalue weighted by Crippen LogP contribution is -2.49. The van der Waals surface area contributed by atoms with E-state index >= 15 is 0 Å². The van der Waals surface area contributed by atoms with Gasteiger partial charge in [-0.2, -0.15) is 0 Å². The van der Waals surface area contributed by atoms with E-state index in [9.17, 15) is 4.79 Å². The highest BCUT2D eigenvalue weighted by molar-refractivity contribution is 6.03. The third-order valence-corrected chi connectivity index (χ3v) is 3.27. The molecule has 1 aromatic rings. The summed E-state index contributed by atoms with van der Waals surface area (Å²) in [7, 11) is 1.48. The Morgan fingerprint density at radius 1 is 1.29 bits per heavy atom. The number of hydrogen-bond acceptors (Lipinski definition) is 5. The molecule has 0 aromatic carbocycles. The highest BCUT2D eigenvalue weighted by Crippen LogP contribution is 2.30. The van der Waals surface area contributed by atoms with Crippen LogP contribution in [0.5, 0.6) is 5.88 Å². The van der Waals surface area contributed by atoms with E-state index in [0.717, 1.165) is 19.3 Å². The van der Waals surface area contributed by atoms with E-state index in [1.807, 2.05) is 0 Å². The smallest absolute Gasteiger partial charge is 0.243 e. The van der Waals surface area contributed by atoms with E-state index < -0.39 is 5.54 Å². The van der Waals surface area contributed by atoms with E-state index in [0.29, 0.717) is 12.8 Å². The molecule has 2 N–H and O–H groups in total. The van der Waals surface area contributed by atoms with Crippen molar-refractivity contribution in [2.45, 2.75) is 37.6 Å². The molecule has 0 atom stereocenters. The Hall–Kier alpha value is -1.49. The Morgan fingerprint density at radius 3 is 2.59 bits per heavy atom. The van der Waals surface area contributed by atoms with Crippen LogP contribution in [0.15, 0.2) is 12.4 Å². The van der Waals surface area contributed by atoms with Crippen LogP contribution in [-0.2, 0) is 0 Å². The summed E-state index contributed by atoms with van der Waals surface area (Å²) in [5, 5.41) is 0. The average molecular weight is 235 g/mol. The second-order valence-electron chi connectivity index (χ2n) is 4.46. The van der Waals surface area contributed by atoms with E-state index in [-0.39, 0.29) is 17.4 Å². The van der Waals surface area contributed by atoms with Crippen molar-refractivity contribution in [2.75, 3.05) is 7.11 Å². The normalized spacial score (nSPS) is 18.7. The van der Waals surface area contributed by atoms with E-state index in [2.05, 4.69) is 9.97 Å². The third kappa shape index (κ3) is 2.29. The summed E-state index contributed by atoms with van der Waals surface area (Å²) in [6.45, 7) is 0. The lowest BCUT2D eigenvalue weighted by molar-refractivity contribution is 0.0838. The maximum atomic E-state index is 12.4. The third-order valence-electron chi connectivity index (χ3n) is 3.27. The number of nitrogens with zero attached hydrogens (tertiary/aromatic N) is 2. The van der Waals surface area contributed by atoms with Crippen molar-refractivity contribution in [1.29, 1.82) is 0 Å². The minimum Gasteiger partial charge on any atom is -0.479 e. The molecule has 1 fully saturated rings. The molecule has 0 spiro atoms. The summed E-state index contributed by atoms with van der Waals surface area (Å²) < 4.78 is 5.05. The molecule has 5 nitrogen and oxygen atoms in total. The Kier molecular flexibility index (Phi) is 3.38. The first-order chi connectivity index (χ1) is 8.17. The van der Waals surface area contributed by atoms with Gasteiger partial charge in [0, 0.05) is 12.4 Å². The quantitative estimate of drug-likeness (QED) is 0.800. The number of carbonyl (C=O) groups is 1. The molecular weight excluding hydrogens is 218 g/mol. The highest BCUT2D eigenvalue weighted by Gasteiger charge is 2.38. The Bertz CT molecular complexity index is 414. The van der Waals surface area contributed by atoms with Crippen molar-refractivity contribution in [1.82, 2.24) is 9.97 Å². The molecule has 1 saturated carbocycles. The number of nitrogens with two attached hydrogens (primary N) is 1. The molecule has 0 saturated heterocycles. The van der Waals surface area contributed by atoms with Crippen LogP contribution in [0.1, 0.15) is 42.6 Å². The van der Waals surface area contributed by atoms with Gasteiger partial charge in [-0.1, -0.05) is 19.3 Å². The first-order valence-electron chi connectivity index (χ1n) is 5.86. The van der Waals surface area contributed by atoms with E-state index in [1.54, 1.807) is 0 Å². The Morgan fingerprint density at radius 2 is 1.94 bits per heavy atom. The predicted molar refractivity (Wildman–Crippen MR) is 62.9 cm³/mol. The molecule has 0 amide bonds. The Balaban J connectivity index is 2.29. The summed E-state index contributed by atoms with van der Waals surface area (Å²) in [5.41, 5.74) is 5.64. The van der Waals surface area contributed by atoms with Gasteiger partial charge in [0.2, 0.25) is 11.7 Å². The van der Waals surface area contributed by atoms with Gasteiger partial charge in [-0.3, -0.25) is 4.79 Å². The summed E-state index contributed by atoms with van der Waals surface area (Å²) in [5.74, 6) is 0.107. The number of Topliss-reactive ketones (excluding diaryl/α,β-unsaturated/α-hetero) is 1. The molecule has 5 heteroatoms. The molecule has 1 aliphatic rings. The van der Waals surface area contributed by atoms with Crippen LogP contribution in [-0.4, -0.2) is 28.4 Å². The summed E-state index contributed by atoms with van der Waals surface area (Å²) in [6.07, 6.45) is 7.54. The first kappa shape index (κ1) is 12.0. The second-order valence-corrected chi connectivity index (χ2v) is 4.46. The Labute approximate surface area is 100 Å². The molecule has 0 unspecified atom stereocenters. The topological polar surface area (TPSA) is 78.1 Å². The van der Waals surface area contributed by atoms with Crippen molar-refractivity contribution in [3.8, 4) is 5.88 Å². The zero-order chi connectivity index (χ0) is 12.3. The van der Waals surface area contributed by atoms with Gasteiger partial charge < -0.3 is 10.5 Å². The van der Waals surface area contributed by atoms with Crippen molar-refractivity contribution in [3.05, 3.63) is 18.1 Å². The van der Waals surface area contributed by atoms with Gasteiger partial charge in [0.05, 0.1) is 12.6 Å². The first-order valence-corrected chi connectivity index (χ1v) is 5.86. The number of rotatable bonds is 3. The lowest BCUT2D eigenvalue weighted by atomic mass is 9.78. The zero-order valence-electron chi connectivity index (χ0n) is 9.98. The van der Waals surface area contributed by atoms with Gasteiger partial charge >= 0.3 is 0 Å². The number of methoxy groups -OCH3 is 1. The standard InChI is InChI=1S/C12H17N3O2/c1-17-11-9(14-7-8-15-11)10(16)12(13)5-3-2-4-6-12/h7-8H,2-6,13H2,1H3. The fourth-order valence-corrected chi connectivity index (χ4v) is 2.28. The van der Waals surface area contributed by atoms with E-state index in [1.165, 1.54) is 19.5 Å². The predicted octanol–water partition coefficient (Wildman–Crippen LogP) is 1.33. The number of aromatic nitrogens is 2. The summed E-state index contributed by atoms with van der Waals surface area (Å²) in [4.78, 5) is 20.4. The van der Waals surface area contributed by atoms with Crippen LogP contribution in [0.4, 0.5) is 0 Å². The summed E-state index contributed by atoms with van der Waals surface area (Å²) in [6, 6.07) is 0. The van der Waals surface area contributed by atoms with Crippen molar-refractivity contribution >= 4 is 5.78 Å². The maximum Gasteiger partial charge on any atom is 0.243 e. The van der Waals surface area contributed by atoms with Crippen LogP contribution in [0.25, 0.3) is 0 Å². The molecule has 0 radical (unpaired) electrons. The highest BCUT2D eigenvalue weighted by atomic mass is 16.5. The zero-order valence-corrected chi connectivity index (χ0v) is 9.98. The fraction of sp³-hybridized carbons (Fsp3) is 0.583. The van der Waals surface area contributed by atoms with Crippen LogP contribution < -0.4 is 10.5 Å². The number of ketones is 1. The minimum absolute atomic E-state index is 0.151. The molecule has 1 aromatic heterocycles. The van der Waals surface area contributed by atoms with Gasteiger partial charge in [-0.25, -0.2) is 9.97 Å². The van der Waals surface area contributed by atoms with Gasteiger partial charge in [-0.05, 0) is 12.8 Å². The molecule has 1 aliphatic carbocycles. The molecule has 2 rings (SSSR count). The molecule has 1 heterocycles. The molecule has 0 bridgehead atoms. The fourth-order valence-electron chi connectivity index (χ4n) is 2.28. The number of carbonyl (C=O) groups excluding carboxylic acids is 1. The van der Waals surface area contributed by atoms with E-state index in [4.69, 9.17) is 10.5 Å². The lowest BCUT2D eigenvalue weighted by Gasteiger charge is -2.31. The minimum atomic E-state index is -0.790.